The van der Waals surface area contributed by atoms with Gasteiger partial charge in [-0.2, -0.15) is 0 Å². The van der Waals surface area contributed by atoms with Crippen molar-refractivity contribution in [1.29, 1.82) is 0 Å². The number of hydrogen-bond acceptors (Lipinski definition) is 4. The molecule has 0 saturated carbocycles. The number of esters is 2. The molecule has 0 amide bonds. The maximum Gasteiger partial charge on any atom is 0.339 e. The van der Waals surface area contributed by atoms with Crippen molar-refractivity contribution in [2.45, 2.75) is 20.8 Å². The Morgan fingerprint density at radius 2 is 1.80 bits per heavy atom. The Morgan fingerprint density at radius 1 is 1.20 bits per heavy atom. The van der Waals surface area contributed by atoms with Crippen molar-refractivity contribution in [3.63, 3.8) is 0 Å². The van der Waals surface area contributed by atoms with Gasteiger partial charge in [-0.05, 0) is 60.6 Å². The average Bonchev–Trinajstić information content (AvgIpc) is 2.38. The predicted molar refractivity (Wildman–Crippen MR) is 84.7 cm³/mol. The third-order valence-corrected chi connectivity index (χ3v) is 3.95. The fourth-order valence-corrected chi connectivity index (χ4v) is 2.10. The van der Waals surface area contributed by atoms with Gasteiger partial charge in [0.15, 0.2) is 0 Å². The van der Waals surface area contributed by atoms with Crippen molar-refractivity contribution in [2.75, 3.05) is 13.2 Å². The molecule has 0 radical (unpaired) electrons. The second kappa shape index (κ2) is 7.42. The topological polar surface area (TPSA) is 52.6 Å². The summed E-state index contributed by atoms with van der Waals surface area (Å²) in [6.45, 7) is 8.95. The lowest BCUT2D eigenvalue weighted by atomic mass is 10.1. The molecule has 1 aromatic rings. The fraction of sp³-hybridized carbons (Fsp3) is 0.333. The van der Waals surface area contributed by atoms with Crippen molar-refractivity contribution < 1.29 is 19.1 Å². The highest BCUT2D eigenvalue weighted by Crippen LogP contribution is 2.20. The normalized spacial score (nSPS) is 10.0. The standard InChI is InChI=1S/C15H17IO4/c1-9(2)14(17)19-5-6-20-15(18)12-8-10(3)7-11(4)13(12)16/h7-8H,1,5-6H2,2-4H3. The van der Waals surface area contributed by atoms with Crippen LogP contribution < -0.4 is 0 Å². The van der Waals surface area contributed by atoms with Crippen molar-refractivity contribution in [3.8, 4) is 0 Å². The van der Waals surface area contributed by atoms with Crippen molar-refractivity contribution in [2.24, 2.45) is 0 Å². The maximum atomic E-state index is 12.0. The molecule has 0 aliphatic rings. The Labute approximate surface area is 132 Å². The average molecular weight is 388 g/mol. The molecule has 0 fully saturated rings. The van der Waals surface area contributed by atoms with Gasteiger partial charge in [0.2, 0.25) is 0 Å². The maximum absolute atomic E-state index is 12.0. The van der Waals surface area contributed by atoms with Crippen LogP contribution in [0.5, 0.6) is 0 Å². The van der Waals surface area contributed by atoms with Gasteiger partial charge in [0.1, 0.15) is 13.2 Å². The molecule has 0 saturated heterocycles. The van der Waals surface area contributed by atoms with Gasteiger partial charge in [-0.25, -0.2) is 9.59 Å². The van der Waals surface area contributed by atoms with E-state index in [1.54, 1.807) is 13.0 Å². The first-order valence-electron chi connectivity index (χ1n) is 6.09. The molecule has 0 heterocycles. The highest BCUT2D eigenvalue weighted by Gasteiger charge is 2.14. The van der Waals surface area contributed by atoms with Crippen LogP contribution in [0.1, 0.15) is 28.4 Å². The van der Waals surface area contributed by atoms with Gasteiger partial charge in [0, 0.05) is 9.14 Å². The molecule has 0 aliphatic carbocycles. The van der Waals surface area contributed by atoms with E-state index in [9.17, 15) is 9.59 Å². The van der Waals surface area contributed by atoms with E-state index in [2.05, 4.69) is 29.2 Å². The summed E-state index contributed by atoms with van der Waals surface area (Å²) in [5, 5.41) is 0. The van der Waals surface area contributed by atoms with Crippen LogP contribution in [0.4, 0.5) is 0 Å². The SMILES string of the molecule is C=C(C)C(=O)OCCOC(=O)c1cc(C)cc(C)c1I. The van der Waals surface area contributed by atoms with Crippen LogP contribution in [-0.2, 0) is 14.3 Å². The van der Waals surface area contributed by atoms with E-state index in [1.165, 1.54) is 0 Å². The number of aryl methyl sites for hydroxylation is 2. The Kier molecular flexibility index (Phi) is 6.19. The summed E-state index contributed by atoms with van der Waals surface area (Å²) in [5.74, 6) is -0.894. The Morgan fingerprint density at radius 3 is 2.40 bits per heavy atom. The van der Waals surface area contributed by atoms with Crippen molar-refractivity contribution in [1.82, 2.24) is 0 Å². The summed E-state index contributed by atoms with van der Waals surface area (Å²) in [7, 11) is 0. The predicted octanol–water partition coefficient (Wildman–Crippen LogP) is 3.18. The third-order valence-electron chi connectivity index (χ3n) is 2.52. The summed E-state index contributed by atoms with van der Waals surface area (Å²) >= 11 is 2.12. The molecule has 0 spiro atoms. The zero-order valence-corrected chi connectivity index (χ0v) is 13.9. The number of ether oxygens (including phenoxy) is 2. The summed E-state index contributed by atoms with van der Waals surface area (Å²) in [6, 6.07) is 3.80. The second-order valence-corrected chi connectivity index (χ2v) is 5.57. The number of carbonyl (C=O) groups is 2. The molecule has 4 nitrogen and oxygen atoms in total. The molecule has 1 rings (SSSR count). The van der Waals surface area contributed by atoms with Crippen LogP contribution in [0.25, 0.3) is 0 Å². The van der Waals surface area contributed by atoms with Gasteiger partial charge in [-0.15, -0.1) is 0 Å². The summed E-state index contributed by atoms with van der Waals surface area (Å²) in [5.41, 5.74) is 2.89. The van der Waals surface area contributed by atoms with Crippen LogP contribution in [-0.4, -0.2) is 25.2 Å². The first-order chi connectivity index (χ1) is 9.32. The minimum atomic E-state index is -0.484. The molecular weight excluding hydrogens is 371 g/mol. The molecular formula is C15H17IO4. The van der Waals surface area contributed by atoms with Crippen LogP contribution in [0, 0.1) is 17.4 Å². The number of hydrogen-bond donors (Lipinski definition) is 0. The molecule has 0 aliphatic heterocycles. The lowest BCUT2D eigenvalue weighted by Gasteiger charge is -2.10. The van der Waals surface area contributed by atoms with Gasteiger partial charge in [0.25, 0.3) is 0 Å². The monoisotopic (exact) mass is 388 g/mol. The van der Waals surface area contributed by atoms with Crippen LogP contribution in [0.3, 0.4) is 0 Å². The molecule has 1 aromatic carbocycles. The first kappa shape index (κ1) is 16.7. The lowest BCUT2D eigenvalue weighted by molar-refractivity contribution is -0.140. The zero-order valence-electron chi connectivity index (χ0n) is 11.8. The van der Waals surface area contributed by atoms with Crippen LogP contribution >= 0.6 is 22.6 Å². The van der Waals surface area contributed by atoms with E-state index in [1.807, 2.05) is 19.9 Å². The smallest absolute Gasteiger partial charge is 0.339 e. The second-order valence-electron chi connectivity index (χ2n) is 4.50. The van der Waals surface area contributed by atoms with E-state index < -0.39 is 11.9 Å². The van der Waals surface area contributed by atoms with Crippen LogP contribution in [0.15, 0.2) is 24.3 Å². The summed E-state index contributed by atoms with van der Waals surface area (Å²) in [4.78, 5) is 23.1. The fourth-order valence-electron chi connectivity index (χ4n) is 1.57. The van der Waals surface area contributed by atoms with Gasteiger partial charge in [0.05, 0.1) is 5.56 Å². The summed E-state index contributed by atoms with van der Waals surface area (Å²) in [6.07, 6.45) is 0. The number of benzene rings is 1. The Balaban J connectivity index is 2.56. The van der Waals surface area contributed by atoms with Crippen molar-refractivity contribution >= 4 is 34.5 Å². The zero-order chi connectivity index (χ0) is 15.3. The molecule has 5 heteroatoms. The highest BCUT2D eigenvalue weighted by molar-refractivity contribution is 14.1. The van der Waals surface area contributed by atoms with Crippen molar-refractivity contribution in [3.05, 3.63) is 44.5 Å². The van der Waals surface area contributed by atoms with Crippen LogP contribution in [0.2, 0.25) is 0 Å². The Hall–Kier alpha value is -1.37. The first-order valence-corrected chi connectivity index (χ1v) is 7.17. The molecule has 0 unspecified atom stereocenters. The van der Waals surface area contributed by atoms with E-state index in [0.717, 1.165) is 14.7 Å². The Bertz CT molecular complexity index is 549. The number of carbonyl (C=O) groups excluding carboxylic acids is 2. The van der Waals surface area contributed by atoms with E-state index in [4.69, 9.17) is 9.47 Å². The van der Waals surface area contributed by atoms with Gasteiger partial charge in [-0.1, -0.05) is 12.6 Å². The van der Waals surface area contributed by atoms with Gasteiger partial charge < -0.3 is 9.47 Å². The third kappa shape index (κ3) is 4.63. The van der Waals surface area contributed by atoms with Gasteiger partial charge >= 0.3 is 11.9 Å². The van der Waals surface area contributed by atoms with E-state index in [-0.39, 0.29) is 13.2 Å². The van der Waals surface area contributed by atoms with Gasteiger partial charge in [-0.3, -0.25) is 0 Å². The molecule has 0 bridgehead atoms. The quantitative estimate of drug-likeness (QED) is 0.337. The van der Waals surface area contributed by atoms with E-state index in [0.29, 0.717) is 11.1 Å². The lowest BCUT2D eigenvalue weighted by Crippen LogP contribution is -2.15. The minimum absolute atomic E-state index is 0.0266. The summed E-state index contributed by atoms with van der Waals surface area (Å²) < 4.78 is 10.8. The molecule has 20 heavy (non-hydrogen) atoms. The number of halogens is 1. The minimum Gasteiger partial charge on any atom is -0.459 e. The highest BCUT2D eigenvalue weighted by atomic mass is 127. The molecule has 0 atom stereocenters. The molecule has 0 N–H and O–H groups in total. The molecule has 108 valence electrons. The number of rotatable bonds is 5. The van der Waals surface area contributed by atoms with E-state index >= 15 is 0 Å². The molecule has 0 aromatic heterocycles. The largest absolute Gasteiger partial charge is 0.459 e.